The molecule has 0 spiro atoms. The predicted octanol–water partition coefficient (Wildman–Crippen LogP) is -0.516. The molecule has 1 saturated carbocycles. The Hall–Kier alpha value is -1.03. The third-order valence-electron chi connectivity index (χ3n) is 2.01. The molecule has 1 rings (SSSR count). The molecule has 0 bridgehead atoms. The zero-order valence-corrected chi connectivity index (χ0v) is 6.74. The van der Waals surface area contributed by atoms with Gasteiger partial charge in [-0.15, -0.1) is 0 Å². The molecular formula is C8H10O4. The van der Waals surface area contributed by atoms with Crippen molar-refractivity contribution in [3.63, 3.8) is 0 Å². The average Bonchev–Trinajstić information content (AvgIpc) is 1.97. The van der Waals surface area contributed by atoms with Crippen molar-refractivity contribution in [2.24, 2.45) is 5.92 Å². The first-order valence-corrected chi connectivity index (χ1v) is 3.79. The van der Waals surface area contributed by atoms with E-state index in [1.807, 2.05) is 0 Å². The van der Waals surface area contributed by atoms with Crippen LogP contribution in [-0.4, -0.2) is 28.6 Å². The van der Waals surface area contributed by atoms with Crippen LogP contribution in [0.25, 0.3) is 0 Å². The van der Waals surface area contributed by atoms with Crippen molar-refractivity contribution in [1.82, 2.24) is 0 Å². The van der Waals surface area contributed by atoms with Crippen LogP contribution in [-0.2, 0) is 14.4 Å². The Kier molecular flexibility index (Phi) is 2.38. The maximum atomic E-state index is 11.1. The molecule has 0 heterocycles. The Bertz CT molecular complexity index is 243. The van der Waals surface area contributed by atoms with Gasteiger partial charge >= 0.3 is 0 Å². The van der Waals surface area contributed by atoms with Crippen molar-refractivity contribution in [3.8, 4) is 0 Å². The Labute approximate surface area is 69.6 Å². The second-order valence-corrected chi connectivity index (χ2v) is 2.97. The van der Waals surface area contributed by atoms with E-state index in [0.717, 1.165) is 0 Å². The molecule has 2 atom stereocenters. The second-order valence-electron chi connectivity index (χ2n) is 2.97. The van der Waals surface area contributed by atoms with Gasteiger partial charge in [-0.25, -0.2) is 0 Å². The topological polar surface area (TPSA) is 71.4 Å². The van der Waals surface area contributed by atoms with E-state index in [4.69, 9.17) is 5.11 Å². The molecule has 0 aromatic heterocycles. The zero-order valence-electron chi connectivity index (χ0n) is 6.74. The third kappa shape index (κ3) is 1.43. The normalized spacial score (nSPS) is 30.5. The minimum atomic E-state index is -1.20. The van der Waals surface area contributed by atoms with E-state index in [2.05, 4.69) is 0 Å². The number of carbonyl (C=O) groups is 3. The van der Waals surface area contributed by atoms with Gasteiger partial charge in [0.2, 0.25) is 0 Å². The molecule has 2 unspecified atom stereocenters. The van der Waals surface area contributed by atoms with Crippen molar-refractivity contribution in [2.45, 2.75) is 25.9 Å². The lowest BCUT2D eigenvalue weighted by molar-refractivity contribution is -0.147. The van der Waals surface area contributed by atoms with E-state index in [9.17, 15) is 14.4 Å². The van der Waals surface area contributed by atoms with Gasteiger partial charge in [-0.05, 0) is 13.3 Å². The van der Waals surface area contributed by atoms with Crippen LogP contribution in [0, 0.1) is 5.92 Å². The Morgan fingerprint density at radius 3 is 2.50 bits per heavy atom. The summed E-state index contributed by atoms with van der Waals surface area (Å²) in [4.78, 5) is 32.9. The van der Waals surface area contributed by atoms with Crippen LogP contribution in [0.2, 0.25) is 0 Å². The highest BCUT2D eigenvalue weighted by atomic mass is 16.3. The molecular weight excluding hydrogens is 160 g/mol. The van der Waals surface area contributed by atoms with Crippen LogP contribution in [0.1, 0.15) is 19.8 Å². The van der Waals surface area contributed by atoms with E-state index >= 15 is 0 Å². The number of hydrogen-bond acceptors (Lipinski definition) is 4. The Balaban J connectivity index is 2.86. The molecule has 0 aromatic rings. The number of hydrogen-bond donors (Lipinski definition) is 1. The molecule has 1 fully saturated rings. The lowest BCUT2D eigenvalue weighted by Gasteiger charge is -2.20. The quantitative estimate of drug-likeness (QED) is 0.538. The van der Waals surface area contributed by atoms with Gasteiger partial charge in [0, 0.05) is 6.42 Å². The maximum absolute atomic E-state index is 11.1. The highest BCUT2D eigenvalue weighted by Crippen LogP contribution is 2.18. The van der Waals surface area contributed by atoms with Crippen molar-refractivity contribution in [2.75, 3.05) is 0 Å². The van der Waals surface area contributed by atoms with Crippen LogP contribution in [0.4, 0.5) is 0 Å². The lowest BCUT2D eigenvalue weighted by atomic mass is 9.82. The summed E-state index contributed by atoms with van der Waals surface area (Å²) in [7, 11) is 0. The first-order chi connectivity index (χ1) is 5.54. The first-order valence-electron chi connectivity index (χ1n) is 3.79. The summed E-state index contributed by atoms with van der Waals surface area (Å²) in [6.07, 6.45) is -0.852. The standard InChI is InChI=1S/C8H10O4/c1-4(9)7-5(10)2-3-6(11)8(7)12/h6-7,11H,2-3H2,1H3. The van der Waals surface area contributed by atoms with E-state index in [1.165, 1.54) is 6.92 Å². The van der Waals surface area contributed by atoms with E-state index in [1.54, 1.807) is 0 Å². The van der Waals surface area contributed by atoms with E-state index in [0.29, 0.717) is 0 Å². The van der Waals surface area contributed by atoms with Crippen LogP contribution in [0.3, 0.4) is 0 Å². The van der Waals surface area contributed by atoms with Gasteiger partial charge in [-0.3, -0.25) is 14.4 Å². The fraction of sp³-hybridized carbons (Fsp3) is 0.625. The Morgan fingerprint density at radius 1 is 1.50 bits per heavy atom. The van der Waals surface area contributed by atoms with Gasteiger partial charge in [-0.1, -0.05) is 0 Å². The highest BCUT2D eigenvalue weighted by molar-refractivity contribution is 6.21. The van der Waals surface area contributed by atoms with Gasteiger partial charge in [0.05, 0.1) is 0 Å². The van der Waals surface area contributed by atoms with Gasteiger partial charge in [0.1, 0.15) is 17.8 Å². The number of aliphatic hydroxyl groups excluding tert-OH is 1. The van der Waals surface area contributed by atoms with Gasteiger partial charge in [-0.2, -0.15) is 0 Å². The maximum Gasteiger partial charge on any atom is 0.179 e. The molecule has 0 radical (unpaired) electrons. The summed E-state index contributed by atoms with van der Waals surface area (Å²) in [6, 6.07) is 0. The van der Waals surface area contributed by atoms with E-state index < -0.39 is 23.6 Å². The molecule has 66 valence electrons. The van der Waals surface area contributed by atoms with Gasteiger partial charge in [0.25, 0.3) is 0 Å². The monoisotopic (exact) mass is 170 g/mol. The molecule has 0 aliphatic heterocycles. The van der Waals surface area contributed by atoms with Gasteiger partial charge in [0.15, 0.2) is 11.6 Å². The molecule has 1 aliphatic rings. The van der Waals surface area contributed by atoms with E-state index in [-0.39, 0.29) is 18.6 Å². The minimum absolute atomic E-state index is 0.122. The van der Waals surface area contributed by atoms with Crippen molar-refractivity contribution in [1.29, 1.82) is 0 Å². The zero-order chi connectivity index (χ0) is 9.30. The summed E-state index contributed by atoms with van der Waals surface area (Å²) in [5, 5.41) is 9.06. The summed E-state index contributed by atoms with van der Waals surface area (Å²) in [5.41, 5.74) is 0. The summed E-state index contributed by atoms with van der Waals surface area (Å²) < 4.78 is 0. The predicted molar refractivity (Wildman–Crippen MR) is 39.4 cm³/mol. The van der Waals surface area contributed by atoms with Crippen LogP contribution >= 0.6 is 0 Å². The lowest BCUT2D eigenvalue weighted by Crippen LogP contribution is -2.42. The Morgan fingerprint density at radius 2 is 2.08 bits per heavy atom. The second kappa shape index (κ2) is 3.15. The summed E-state index contributed by atoms with van der Waals surface area (Å²) in [6.45, 7) is 1.19. The molecule has 0 aromatic carbocycles. The molecule has 1 N–H and O–H groups in total. The molecule has 1 aliphatic carbocycles. The number of carbonyl (C=O) groups excluding carboxylic acids is 3. The van der Waals surface area contributed by atoms with Crippen LogP contribution < -0.4 is 0 Å². The smallest absolute Gasteiger partial charge is 0.179 e. The van der Waals surface area contributed by atoms with Crippen LogP contribution in [0.15, 0.2) is 0 Å². The molecule has 4 heteroatoms. The largest absolute Gasteiger partial charge is 0.385 e. The summed E-state index contributed by atoms with van der Waals surface area (Å²) >= 11 is 0. The number of rotatable bonds is 1. The van der Waals surface area contributed by atoms with Crippen LogP contribution in [0.5, 0.6) is 0 Å². The molecule has 0 amide bonds. The fourth-order valence-corrected chi connectivity index (χ4v) is 1.34. The fourth-order valence-electron chi connectivity index (χ4n) is 1.34. The minimum Gasteiger partial charge on any atom is -0.385 e. The third-order valence-corrected chi connectivity index (χ3v) is 2.01. The van der Waals surface area contributed by atoms with Crippen molar-refractivity contribution >= 4 is 17.3 Å². The van der Waals surface area contributed by atoms with Gasteiger partial charge < -0.3 is 5.11 Å². The first kappa shape index (κ1) is 9.06. The summed E-state index contributed by atoms with van der Waals surface area (Å²) in [5.74, 6) is -2.67. The number of Topliss-reactive ketones (excluding diaryl/α,β-unsaturated/α-hetero) is 3. The van der Waals surface area contributed by atoms with Crippen molar-refractivity contribution < 1.29 is 19.5 Å². The molecule has 4 nitrogen and oxygen atoms in total. The number of aliphatic hydroxyl groups is 1. The highest BCUT2D eigenvalue weighted by Gasteiger charge is 2.38. The number of ketones is 3. The SMILES string of the molecule is CC(=O)C1C(=O)CCC(O)C1=O. The molecule has 12 heavy (non-hydrogen) atoms. The molecule has 0 saturated heterocycles. The average molecular weight is 170 g/mol. The van der Waals surface area contributed by atoms with Crippen molar-refractivity contribution in [3.05, 3.63) is 0 Å².